The number of hydrogen-bond acceptors (Lipinski definition) is 3. The molecule has 2 heterocycles. The Balaban J connectivity index is 2.96. The van der Waals surface area contributed by atoms with Gasteiger partial charge in [-0.25, -0.2) is 3.15 Å². The summed E-state index contributed by atoms with van der Waals surface area (Å²) in [5.41, 5.74) is 1.88. The van der Waals surface area contributed by atoms with Crippen LogP contribution in [0.5, 0.6) is 0 Å². The Hall–Kier alpha value is -0.520. The van der Waals surface area contributed by atoms with Crippen molar-refractivity contribution in [3.8, 4) is 0 Å². The Kier molecular flexibility index (Phi) is 1.40. The lowest BCUT2D eigenvalue weighted by molar-refractivity contribution is 0.516. The minimum atomic E-state index is -0.360. The average molecular weight is 248 g/mol. The fraction of sp³-hybridized carbons (Fsp3) is 0.167. The first-order chi connectivity index (χ1) is 4.88. The fourth-order valence-corrected chi connectivity index (χ4v) is 1.89. The van der Waals surface area contributed by atoms with Crippen molar-refractivity contribution in [2.45, 2.75) is 6.92 Å². The van der Waals surface area contributed by atoms with E-state index in [-0.39, 0.29) is 21.3 Å². The minimum absolute atomic E-state index is 0.360. The van der Waals surface area contributed by atoms with Gasteiger partial charge in [0.25, 0.3) is 0 Å². The van der Waals surface area contributed by atoms with Crippen LogP contribution in [0.2, 0.25) is 0 Å². The molecular weight excluding hydrogens is 243 g/mol. The van der Waals surface area contributed by atoms with Crippen LogP contribution in [0.25, 0.3) is 6.20 Å². The maximum absolute atomic E-state index is 5.16. The standard InChI is InChI=1S/C6H5IN2O/c1-4-3-10-6-5(4)2-8-7-9-6/h2-3H,1H3. The Bertz CT molecular complexity index is 390. The molecule has 1 aliphatic rings. The molecule has 0 amide bonds. The number of rotatable bonds is 0. The zero-order valence-electron chi connectivity index (χ0n) is 5.34. The van der Waals surface area contributed by atoms with Crippen LogP contribution >= 0.6 is 21.3 Å². The second-order valence-electron chi connectivity index (χ2n) is 2.02. The van der Waals surface area contributed by atoms with Gasteiger partial charge in [-0.1, -0.05) is 0 Å². The number of nitrogens with zero attached hydrogens (tertiary/aromatic N) is 2. The summed E-state index contributed by atoms with van der Waals surface area (Å²) in [5, 5.41) is 1.05. The number of furan rings is 1. The van der Waals surface area contributed by atoms with Crippen LogP contribution in [0.4, 0.5) is 0 Å². The van der Waals surface area contributed by atoms with Gasteiger partial charge in [-0.05, 0) is 12.5 Å². The van der Waals surface area contributed by atoms with Crippen LogP contribution in [-0.4, -0.2) is 0 Å². The van der Waals surface area contributed by atoms with E-state index in [9.17, 15) is 0 Å². The summed E-state index contributed by atoms with van der Waals surface area (Å²) in [4.78, 5) is 0. The molecule has 1 aromatic rings. The fourth-order valence-electron chi connectivity index (χ4n) is 0.789. The molecule has 0 unspecified atom stereocenters. The molecule has 0 spiro atoms. The SMILES string of the molecule is Cc1coc2c1=CN=IN=2. The third-order valence-electron chi connectivity index (χ3n) is 1.34. The maximum Gasteiger partial charge on any atom is 0.234 e. The van der Waals surface area contributed by atoms with E-state index in [2.05, 4.69) is 6.35 Å². The summed E-state index contributed by atoms with van der Waals surface area (Å²) in [6.07, 6.45) is 3.57. The lowest BCUT2D eigenvalue weighted by atomic mass is 10.3. The van der Waals surface area contributed by atoms with Crippen molar-refractivity contribution in [2.75, 3.05) is 0 Å². The largest absolute Gasteiger partial charge is 0.445 e. The van der Waals surface area contributed by atoms with Crippen LogP contribution in [0.3, 0.4) is 0 Å². The lowest BCUT2D eigenvalue weighted by Crippen LogP contribution is -2.21. The molecule has 0 bridgehead atoms. The summed E-state index contributed by atoms with van der Waals surface area (Å²) >= 11 is -0.360. The number of fused-ring (bicyclic) bond motifs is 1. The summed E-state index contributed by atoms with van der Waals surface area (Å²) in [6.45, 7) is 1.99. The van der Waals surface area contributed by atoms with Gasteiger partial charge in [0.1, 0.15) is 21.3 Å². The minimum Gasteiger partial charge on any atom is -0.445 e. The quantitative estimate of drug-likeness (QED) is 0.632. The molecule has 10 heavy (non-hydrogen) atoms. The van der Waals surface area contributed by atoms with E-state index in [4.69, 9.17) is 4.42 Å². The van der Waals surface area contributed by atoms with Crippen molar-refractivity contribution in [3.05, 3.63) is 22.6 Å². The van der Waals surface area contributed by atoms with Crippen molar-refractivity contribution in [3.63, 3.8) is 0 Å². The highest BCUT2D eigenvalue weighted by molar-refractivity contribution is 14.1. The molecule has 0 radical (unpaired) electrons. The molecule has 1 aliphatic heterocycles. The molecule has 0 saturated carbocycles. The third kappa shape index (κ3) is 0.828. The first-order valence-electron chi connectivity index (χ1n) is 2.84. The molecule has 0 fully saturated rings. The molecule has 0 saturated heterocycles. The van der Waals surface area contributed by atoms with Crippen LogP contribution in [0, 0.1) is 6.92 Å². The predicted octanol–water partition coefficient (Wildman–Crippen LogP) is 1.03. The van der Waals surface area contributed by atoms with E-state index in [1.807, 2.05) is 13.1 Å². The Labute approximate surface area is 68.0 Å². The third-order valence-corrected chi connectivity index (χ3v) is 2.52. The van der Waals surface area contributed by atoms with E-state index < -0.39 is 0 Å². The molecule has 0 aliphatic carbocycles. The first kappa shape index (κ1) is 6.21. The molecule has 0 aromatic carbocycles. The summed E-state index contributed by atoms with van der Waals surface area (Å²) in [5.74, 6) is 0. The van der Waals surface area contributed by atoms with E-state index >= 15 is 0 Å². The van der Waals surface area contributed by atoms with Gasteiger partial charge in [-0.3, -0.25) is 0 Å². The molecule has 0 atom stereocenters. The number of halogens is 1. The van der Waals surface area contributed by atoms with Gasteiger partial charge in [0.05, 0.1) is 11.5 Å². The van der Waals surface area contributed by atoms with Crippen molar-refractivity contribution in [1.29, 1.82) is 0 Å². The highest BCUT2D eigenvalue weighted by atomic mass is 127. The van der Waals surface area contributed by atoms with E-state index in [0.29, 0.717) is 0 Å². The Morgan fingerprint density at radius 3 is 3.30 bits per heavy atom. The number of hydrogen-bond donors (Lipinski definition) is 0. The van der Waals surface area contributed by atoms with Crippen molar-refractivity contribution in [1.82, 2.24) is 0 Å². The van der Waals surface area contributed by atoms with Crippen LogP contribution in [0.15, 0.2) is 17.0 Å². The molecule has 1 aromatic heterocycles. The molecule has 3 nitrogen and oxygen atoms in total. The van der Waals surface area contributed by atoms with Crippen LogP contribution in [-0.2, 0) is 0 Å². The number of aryl methyl sites for hydroxylation is 1. The van der Waals surface area contributed by atoms with E-state index in [1.165, 1.54) is 0 Å². The first-order valence-corrected chi connectivity index (χ1v) is 4.77. The molecule has 2 rings (SSSR count). The monoisotopic (exact) mass is 248 g/mol. The maximum atomic E-state index is 5.16. The Morgan fingerprint density at radius 2 is 2.50 bits per heavy atom. The van der Waals surface area contributed by atoms with Crippen LogP contribution < -0.4 is 10.8 Å². The molecule has 4 heteroatoms. The molecular formula is C6H5IN2O. The topological polar surface area (TPSA) is 37.9 Å². The van der Waals surface area contributed by atoms with E-state index in [1.54, 1.807) is 6.26 Å². The molecule has 0 N–H and O–H groups in total. The van der Waals surface area contributed by atoms with Gasteiger partial charge in [-0.2, -0.15) is 3.21 Å². The summed E-state index contributed by atoms with van der Waals surface area (Å²) < 4.78 is 13.4. The van der Waals surface area contributed by atoms with Crippen molar-refractivity contribution >= 4 is 27.5 Å². The second-order valence-corrected chi connectivity index (χ2v) is 3.50. The van der Waals surface area contributed by atoms with Gasteiger partial charge < -0.3 is 4.42 Å². The molecule has 52 valence electrons. The highest BCUT2D eigenvalue weighted by Crippen LogP contribution is 2.03. The van der Waals surface area contributed by atoms with Gasteiger partial charge >= 0.3 is 0 Å². The normalized spacial score (nSPS) is 14.5. The van der Waals surface area contributed by atoms with Gasteiger partial charge in [0.15, 0.2) is 0 Å². The van der Waals surface area contributed by atoms with Crippen molar-refractivity contribution in [2.24, 2.45) is 6.35 Å². The van der Waals surface area contributed by atoms with Crippen LogP contribution in [0.1, 0.15) is 5.56 Å². The van der Waals surface area contributed by atoms with Gasteiger partial charge in [0, 0.05) is 6.20 Å². The zero-order chi connectivity index (χ0) is 6.97. The van der Waals surface area contributed by atoms with Crippen molar-refractivity contribution < 1.29 is 4.42 Å². The zero-order valence-corrected chi connectivity index (χ0v) is 7.49. The average Bonchev–Trinajstić information content (AvgIpc) is 2.34. The lowest BCUT2D eigenvalue weighted by Gasteiger charge is -1.81. The predicted molar refractivity (Wildman–Crippen MR) is 45.1 cm³/mol. The van der Waals surface area contributed by atoms with Gasteiger partial charge in [-0.15, -0.1) is 0 Å². The highest BCUT2D eigenvalue weighted by Gasteiger charge is 1.97. The van der Waals surface area contributed by atoms with Gasteiger partial charge in [0.2, 0.25) is 5.55 Å². The summed E-state index contributed by atoms with van der Waals surface area (Å²) in [6, 6.07) is 0. The smallest absolute Gasteiger partial charge is 0.234 e. The Morgan fingerprint density at radius 1 is 1.60 bits per heavy atom. The second kappa shape index (κ2) is 2.26. The van der Waals surface area contributed by atoms with E-state index in [0.717, 1.165) is 16.3 Å². The summed E-state index contributed by atoms with van der Waals surface area (Å²) in [7, 11) is 0.